The van der Waals surface area contributed by atoms with E-state index in [2.05, 4.69) is 58.8 Å². The highest BCUT2D eigenvalue weighted by Gasteiger charge is 2.31. The second kappa shape index (κ2) is 5.65. The molecule has 2 heterocycles. The summed E-state index contributed by atoms with van der Waals surface area (Å²) in [6, 6.07) is 10.9. The monoisotopic (exact) mass is 267 g/mol. The molecule has 92 valence electrons. The number of hydrogen-bond acceptors (Lipinski definition) is 4. The van der Waals surface area contributed by atoms with Gasteiger partial charge in [0.25, 0.3) is 0 Å². The molecule has 1 aromatic carbocycles. The second-order valence-corrected chi connectivity index (χ2v) is 7.04. The average Bonchev–Trinajstić information content (AvgIpc) is 2.90. The topological polar surface area (TPSA) is 12.5 Å². The molecular weight excluding hydrogens is 250 g/mol. The second-order valence-electron chi connectivity index (χ2n) is 4.32. The molecule has 0 amide bonds. The fourth-order valence-electron chi connectivity index (χ4n) is 2.23. The number of rotatable bonds is 2. The average molecular weight is 267 g/mol. The third kappa shape index (κ3) is 2.81. The standard InChI is InChI=1S/C13H17NOS2/c1-2-4-11(5-3-1)13-16-10-12(17-13)14-6-8-15-9-7-14/h1-5,12-13H,6-10H2. The maximum atomic E-state index is 5.41. The van der Waals surface area contributed by atoms with Crippen LogP contribution in [0.3, 0.4) is 0 Å². The molecule has 2 nitrogen and oxygen atoms in total. The Hall–Kier alpha value is -0.160. The molecule has 2 aliphatic rings. The molecule has 2 unspecified atom stereocenters. The van der Waals surface area contributed by atoms with Crippen LogP contribution < -0.4 is 0 Å². The highest BCUT2D eigenvalue weighted by molar-refractivity contribution is 8.19. The van der Waals surface area contributed by atoms with Crippen LogP contribution in [0.2, 0.25) is 0 Å². The van der Waals surface area contributed by atoms with Crippen molar-refractivity contribution in [3.63, 3.8) is 0 Å². The Bertz CT molecular complexity index is 354. The molecule has 17 heavy (non-hydrogen) atoms. The Labute approximate surface area is 111 Å². The number of nitrogens with zero attached hydrogens (tertiary/aromatic N) is 1. The molecule has 4 heteroatoms. The van der Waals surface area contributed by atoms with Crippen molar-refractivity contribution < 1.29 is 4.74 Å². The largest absolute Gasteiger partial charge is 0.379 e. The highest BCUT2D eigenvalue weighted by Crippen LogP contribution is 2.50. The molecule has 2 fully saturated rings. The molecule has 2 saturated heterocycles. The number of ether oxygens (including phenoxy) is 1. The van der Waals surface area contributed by atoms with E-state index in [1.54, 1.807) is 0 Å². The van der Waals surface area contributed by atoms with Crippen LogP contribution in [0.15, 0.2) is 30.3 Å². The summed E-state index contributed by atoms with van der Waals surface area (Å²) in [5.74, 6) is 1.24. The smallest absolute Gasteiger partial charge is 0.0768 e. The van der Waals surface area contributed by atoms with Gasteiger partial charge in [-0.2, -0.15) is 0 Å². The molecular formula is C13H17NOS2. The number of morpholine rings is 1. The molecule has 2 aliphatic heterocycles. The summed E-state index contributed by atoms with van der Waals surface area (Å²) in [4.78, 5) is 2.57. The van der Waals surface area contributed by atoms with Gasteiger partial charge in [-0.1, -0.05) is 30.3 Å². The Morgan fingerprint density at radius 1 is 1.12 bits per heavy atom. The molecule has 1 aromatic rings. The van der Waals surface area contributed by atoms with Gasteiger partial charge in [0, 0.05) is 18.8 Å². The maximum Gasteiger partial charge on any atom is 0.0768 e. The van der Waals surface area contributed by atoms with Crippen molar-refractivity contribution in [3.8, 4) is 0 Å². The van der Waals surface area contributed by atoms with Gasteiger partial charge >= 0.3 is 0 Å². The SMILES string of the molecule is c1ccc(C2SCC(N3CCOCC3)S2)cc1. The van der Waals surface area contributed by atoms with Gasteiger partial charge in [-0.15, -0.1) is 23.5 Å². The molecule has 2 atom stereocenters. The summed E-state index contributed by atoms with van der Waals surface area (Å²) in [5, 5.41) is 0.675. The van der Waals surface area contributed by atoms with E-state index in [0.717, 1.165) is 26.3 Å². The van der Waals surface area contributed by atoms with Gasteiger partial charge < -0.3 is 4.74 Å². The fourth-order valence-corrected chi connectivity index (χ4v) is 5.60. The molecule has 3 rings (SSSR count). The lowest BCUT2D eigenvalue weighted by molar-refractivity contribution is 0.0359. The first kappa shape index (κ1) is 11.9. The fraction of sp³-hybridized carbons (Fsp3) is 0.538. The molecule has 0 bridgehead atoms. The quantitative estimate of drug-likeness (QED) is 0.816. The van der Waals surface area contributed by atoms with Crippen LogP contribution in [0.4, 0.5) is 0 Å². The first-order valence-corrected chi connectivity index (χ1v) is 8.06. The number of benzene rings is 1. The van der Waals surface area contributed by atoms with E-state index < -0.39 is 0 Å². The maximum absolute atomic E-state index is 5.41. The Balaban J connectivity index is 1.61. The van der Waals surface area contributed by atoms with Crippen molar-refractivity contribution in [2.45, 2.75) is 9.96 Å². The van der Waals surface area contributed by atoms with Crippen molar-refractivity contribution in [1.29, 1.82) is 0 Å². The van der Waals surface area contributed by atoms with Gasteiger partial charge in [0.15, 0.2) is 0 Å². The van der Waals surface area contributed by atoms with Crippen molar-refractivity contribution in [3.05, 3.63) is 35.9 Å². The zero-order valence-electron chi connectivity index (χ0n) is 9.75. The van der Waals surface area contributed by atoms with Gasteiger partial charge in [-0.3, -0.25) is 4.90 Å². The Kier molecular flexibility index (Phi) is 3.96. The molecule has 0 spiro atoms. The lowest BCUT2D eigenvalue weighted by atomic mass is 10.2. The van der Waals surface area contributed by atoms with E-state index in [4.69, 9.17) is 4.74 Å². The molecule has 0 saturated carbocycles. The number of thioether (sulfide) groups is 2. The summed E-state index contributed by atoms with van der Waals surface area (Å²) in [6.07, 6.45) is 0. The summed E-state index contributed by atoms with van der Waals surface area (Å²) in [6.45, 7) is 3.99. The van der Waals surface area contributed by atoms with Gasteiger partial charge in [0.05, 0.1) is 23.2 Å². The van der Waals surface area contributed by atoms with Crippen LogP contribution in [0.5, 0.6) is 0 Å². The normalized spacial score (nSPS) is 30.6. The van der Waals surface area contributed by atoms with Crippen LogP contribution in [0.25, 0.3) is 0 Å². The van der Waals surface area contributed by atoms with Crippen molar-refractivity contribution in [1.82, 2.24) is 4.90 Å². The summed E-state index contributed by atoms with van der Waals surface area (Å²) in [7, 11) is 0. The van der Waals surface area contributed by atoms with Gasteiger partial charge in [-0.25, -0.2) is 0 Å². The third-order valence-corrected chi connectivity index (χ3v) is 6.53. The summed E-state index contributed by atoms with van der Waals surface area (Å²) < 4.78 is 6.03. The molecule has 0 N–H and O–H groups in total. The Morgan fingerprint density at radius 3 is 2.65 bits per heavy atom. The zero-order valence-corrected chi connectivity index (χ0v) is 11.4. The minimum Gasteiger partial charge on any atom is -0.379 e. The van der Waals surface area contributed by atoms with Crippen LogP contribution in [-0.4, -0.2) is 42.3 Å². The first-order chi connectivity index (χ1) is 8.43. The van der Waals surface area contributed by atoms with Gasteiger partial charge in [0.2, 0.25) is 0 Å². The minimum absolute atomic E-state index is 0.615. The van der Waals surface area contributed by atoms with E-state index in [0.29, 0.717) is 9.96 Å². The van der Waals surface area contributed by atoms with Crippen molar-refractivity contribution >= 4 is 23.5 Å². The van der Waals surface area contributed by atoms with Gasteiger partial charge in [0.1, 0.15) is 0 Å². The third-order valence-electron chi connectivity index (χ3n) is 3.20. The van der Waals surface area contributed by atoms with E-state index in [-0.39, 0.29) is 0 Å². The summed E-state index contributed by atoms with van der Waals surface area (Å²) >= 11 is 4.18. The minimum atomic E-state index is 0.615. The first-order valence-electron chi connectivity index (χ1n) is 6.07. The lowest BCUT2D eigenvalue weighted by Gasteiger charge is -2.31. The highest BCUT2D eigenvalue weighted by atomic mass is 32.2. The van der Waals surface area contributed by atoms with E-state index in [1.807, 2.05) is 0 Å². The summed E-state index contributed by atoms with van der Waals surface area (Å²) in [5.41, 5.74) is 1.46. The van der Waals surface area contributed by atoms with E-state index >= 15 is 0 Å². The molecule has 0 radical (unpaired) electrons. The number of hydrogen-bond donors (Lipinski definition) is 0. The van der Waals surface area contributed by atoms with Crippen LogP contribution in [0, 0.1) is 0 Å². The lowest BCUT2D eigenvalue weighted by Crippen LogP contribution is -2.42. The predicted octanol–water partition coefficient (Wildman–Crippen LogP) is 2.82. The van der Waals surface area contributed by atoms with Crippen LogP contribution in [-0.2, 0) is 4.74 Å². The van der Waals surface area contributed by atoms with E-state index in [9.17, 15) is 0 Å². The van der Waals surface area contributed by atoms with Crippen LogP contribution in [0.1, 0.15) is 10.1 Å². The van der Waals surface area contributed by atoms with E-state index in [1.165, 1.54) is 11.3 Å². The predicted molar refractivity (Wildman–Crippen MR) is 75.4 cm³/mol. The van der Waals surface area contributed by atoms with Gasteiger partial charge in [-0.05, 0) is 5.56 Å². The van der Waals surface area contributed by atoms with Crippen molar-refractivity contribution in [2.75, 3.05) is 32.1 Å². The van der Waals surface area contributed by atoms with Crippen molar-refractivity contribution in [2.24, 2.45) is 0 Å². The Morgan fingerprint density at radius 2 is 1.88 bits per heavy atom. The zero-order chi connectivity index (χ0) is 11.5. The molecule has 0 aromatic heterocycles. The van der Waals surface area contributed by atoms with Crippen LogP contribution >= 0.6 is 23.5 Å². The molecule has 0 aliphatic carbocycles.